The summed E-state index contributed by atoms with van der Waals surface area (Å²) < 4.78 is 5.36. The van der Waals surface area contributed by atoms with E-state index in [1.54, 1.807) is 6.20 Å². The van der Waals surface area contributed by atoms with Crippen molar-refractivity contribution in [3.63, 3.8) is 0 Å². The van der Waals surface area contributed by atoms with Gasteiger partial charge in [0.2, 0.25) is 0 Å². The van der Waals surface area contributed by atoms with Gasteiger partial charge in [0, 0.05) is 11.6 Å². The number of rotatable bonds is 3. The van der Waals surface area contributed by atoms with Crippen LogP contribution in [0, 0.1) is 11.3 Å². The molecule has 2 rings (SSSR count). The maximum Gasteiger partial charge on any atom is 0.155 e. The first kappa shape index (κ1) is 10.9. The number of pyridine rings is 1. The molecule has 1 fully saturated rings. The number of hydrogen-bond donors (Lipinski definition) is 0. The van der Waals surface area contributed by atoms with E-state index in [2.05, 4.69) is 11.1 Å². The summed E-state index contributed by atoms with van der Waals surface area (Å²) in [6.07, 6.45) is 6.65. The highest BCUT2D eigenvalue weighted by molar-refractivity contribution is 5.42. The van der Waals surface area contributed by atoms with Crippen LogP contribution in [0.3, 0.4) is 0 Å². The zero-order valence-electron chi connectivity index (χ0n) is 9.57. The van der Waals surface area contributed by atoms with Crippen LogP contribution in [0.1, 0.15) is 49.8 Å². The molecule has 0 aromatic carbocycles. The molecule has 0 amide bonds. The van der Waals surface area contributed by atoms with Crippen molar-refractivity contribution in [2.75, 3.05) is 6.61 Å². The van der Waals surface area contributed by atoms with Gasteiger partial charge in [-0.1, -0.05) is 12.8 Å². The van der Waals surface area contributed by atoms with Gasteiger partial charge in [0.1, 0.15) is 6.07 Å². The Hall–Kier alpha value is -1.56. The Morgan fingerprint density at radius 2 is 2.25 bits per heavy atom. The van der Waals surface area contributed by atoms with Crippen molar-refractivity contribution in [1.29, 1.82) is 5.26 Å². The van der Waals surface area contributed by atoms with Crippen molar-refractivity contribution in [3.8, 4) is 11.8 Å². The van der Waals surface area contributed by atoms with E-state index in [-0.39, 0.29) is 0 Å². The lowest BCUT2D eigenvalue weighted by atomic mass is 10.0. The molecule has 1 aromatic heterocycles. The van der Waals surface area contributed by atoms with Gasteiger partial charge in [-0.15, -0.1) is 0 Å². The first-order chi connectivity index (χ1) is 7.85. The van der Waals surface area contributed by atoms with E-state index in [1.165, 1.54) is 25.7 Å². The number of nitrogens with zero attached hydrogens (tertiary/aromatic N) is 2. The predicted octanol–water partition coefficient (Wildman–Crippen LogP) is 3.01. The summed E-state index contributed by atoms with van der Waals surface area (Å²) in [5, 5.41) is 9.05. The molecular formula is C13H16N2O. The third-order valence-corrected chi connectivity index (χ3v) is 3.08. The van der Waals surface area contributed by atoms with Crippen molar-refractivity contribution >= 4 is 0 Å². The highest BCUT2D eigenvalue weighted by Gasteiger charge is 2.19. The van der Waals surface area contributed by atoms with Crippen LogP contribution in [0.2, 0.25) is 0 Å². The number of ether oxygens (including phenoxy) is 1. The average molecular weight is 216 g/mol. The van der Waals surface area contributed by atoms with Crippen LogP contribution in [-0.4, -0.2) is 11.6 Å². The monoisotopic (exact) mass is 216 g/mol. The normalized spacial score (nSPS) is 16.0. The molecule has 1 aromatic rings. The summed E-state index contributed by atoms with van der Waals surface area (Å²) in [5.74, 6) is 1.15. The minimum atomic E-state index is 0.544. The highest BCUT2D eigenvalue weighted by Crippen LogP contribution is 2.34. The summed E-state index contributed by atoms with van der Waals surface area (Å²) in [4.78, 5) is 4.41. The number of nitriles is 1. The Kier molecular flexibility index (Phi) is 3.40. The molecule has 0 spiro atoms. The van der Waals surface area contributed by atoms with Crippen LogP contribution >= 0.6 is 0 Å². The zero-order chi connectivity index (χ0) is 11.4. The fraction of sp³-hybridized carbons (Fsp3) is 0.538. The Bertz CT molecular complexity index is 403. The molecule has 0 bridgehead atoms. The predicted molar refractivity (Wildman–Crippen MR) is 61.3 cm³/mol. The van der Waals surface area contributed by atoms with E-state index in [1.807, 2.05) is 13.0 Å². The maximum absolute atomic E-state index is 9.05. The van der Waals surface area contributed by atoms with E-state index in [0.29, 0.717) is 23.8 Å². The second-order valence-electron chi connectivity index (χ2n) is 4.13. The molecule has 0 aliphatic heterocycles. The number of aromatic nitrogens is 1. The van der Waals surface area contributed by atoms with Gasteiger partial charge in [-0.25, -0.2) is 0 Å². The summed E-state index contributed by atoms with van der Waals surface area (Å²) in [5.41, 5.74) is 1.66. The minimum absolute atomic E-state index is 0.544. The topological polar surface area (TPSA) is 45.9 Å². The molecule has 3 nitrogen and oxygen atoms in total. The van der Waals surface area contributed by atoms with Crippen LogP contribution in [0.25, 0.3) is 0 Å². The van der Waals surface area contributed by atoms with Crippen molar-refractivity contribution in [3.05, 3.63) is 23.5 Å². The van der Waals surface area contributed by atoms with Crippen molar-refractivity contribution in [2.24, 2.45) is 0 Å². The molecule has 1 aliphatic carbocycles. The van der Waals surface area contributed by atoms with E-state index in [0.717, 1.165) is 5.69 Å². The van der Waals surface area contributed by atoms with Gasteiger partial charge < -0.3 is 4.74 Å². The lowest BCUT2D eigenvalue weighted by molar-refractivity contribution is 0.337. The third kappa shape index (κ3) is 2.16. The van der Waals surface area contributed by atoms with E-state index in [9.17, 15) is 0 Å². The summed E-state index contributed by atoms with van der Waals surface area (Å²) in [6, 6.07) is 4.07. The standard InChI is InChI=1S/C13H16N2O/c1-2-16-13-9-15-12(7-11(13)8-14)10-5-3-4-6-10/h7,9-10H,2-6H2,1H3. The van der Waals surface area contributed by atoms with Crippen molar-refractivity contribution in [1.82, 2.24) is 4.98 Å². The van der Waals surface area contributed by atoms with Gasteiger partial charge >= 0.3 is 0 Å². The lowest BCUT2D eigenvalue weighted by Crippen LogP contribution is -2.00. The van der Waals surface area contributed by atoms with E-state index >= 15 is 0 Å². The largest absolute Gasteiger partial charge is 0.491 e. The number of hydrogen-bond acceptors (Lipinski definition) is 3. The van der Waals surface area contributed by atoms with Crippen LogP contribution in [0.15, 0.2) is 12.3 Å². The Morgan fingerprint density at radius 3 is 2.88 bits per heavy atom. The molecule has 1 heterocycles. The molecule has 0 unspecified atom stereocenters. The van der Waals surface area contributed by atoms with Gasteiger partial charge in [0.15, 0.2) is 5.75 Å². The van der Waals surface area contributed by atoms with Gasteiger partial charge in [-0.2, -0.15) is 5.26 Å². The molecule has 0 saturated heterocycles. The van der Waals surface area contributed by atoms with Gasteiger partial charge in [-0.05, 0) is 25.8 Å². The molecule has 0 radical (unpaired) electrons. The highest BCUT2D eigenvalue weighted by atomic mass is 16.5. The quantitative estimate of drug-likeness (QED) is 0.780. The summed E-state index contributed by atoms with van der Waals surface area (Å²) >= 11 is 0. The lowest BCUT2D eigenvalue weighted by Gasteiger charge is -2.10. The molecule has 0 N–H and O–H groups in total. The van der Waals surface area contributed by atoms with Gasteiger partial charge in [0.05, 0.1) is 18.4 Å². The average Bonchev–Trinajstić information content (AvgIpc) is 2.83. The molecular weight excluding hydrogens is 200 g/mol. The summed E-state index contributed by atoms with van der Waals surface area (Å²) in [7, 11) is 0. The van der Waals surface area contributed by atoms with Crippen LogP contribution in [0.5, 0.6) is 5.75 Å². The van der Waals surface area contributed by atoms with Crippen LogP contribution in [0.4, 0.5) is 0 Å². The maximum atomic E-state index is 9.05. The second kappa shape index (κ2) is 4.98. The Balaban J connectivity index is 2.25. The van der Waals surface area contributed by atoms with Gasteiger partial charge in [0.25, 0.3) is 0 Å². The third-order valence-electron chi connectivity index (χ3n) is 3.08. The van der Waals surface area contributed by atoms with E-state index < -0.39 is 0 Å². The van der Waals surface area contributed by atoms with Gasteiger partial charge in [-0.3, -0.25) is 4.98 Å². The molecule has 84 valence electrons. The van der Waals surface area contributed by atoms with Crippen molar-refractivity contribution in [2.45, 2.75) is 38.5 Å². The molecule has 0 atom stereocenters. The fourth-order valence-electron chi connectivity index (χ4n) is 2.26. The minimum Gasteiger partial charge on any atom is -0.491 e. The van der Waals surface area contributed by atoms with Crippen LogP contribution < -0.4 is 4.74 Å². The second-order valence-corrected chi connectivity index (χ2v) is 4.13. The SMILES string of the molecule is CCOc1cnc(C2CCCC2)cc1C#N. The smallest absolute Gasteiger partial charge is 0.155 e. The summed E-state index contributed by atoms with van der Waals surface area (Å²) in [6.45, 7) is 2.48. The molecule has 1 saturated carbocycles. The Morgan fingerprint density at radius 1 is 1.50 bits per heavy atom. The first-order valence-electron chi connectivity index (χ1n) is 5.88. The Labute approximate surface area is 96.1 Å². The first-order valence-corrected chi connectivity index (χ1v) is 5.88. The fourth-order valence-corrected chi connectivity index (χ4v) is 2.26. The van der Waals surface area contributed by atoms with Crippen LogP contribution in [-0.2, 0) is 0 Å². The zero-order valence-corrected chi connectivity index (χ0v) is 9.57. The molecule has 3 heteroatoms. The van der Waals surface area contributed by atoms with Crippen molar-refractivity contribution < 1.29 is 4.74 Å². The molecule has 1 aliphatic rings. The molecule has 16 heavy (non-hydrogen) atoms. The van der Waals surface area contributed by atoms with E-state index in [4.69, 9.17) is 10.00 Å².